The molecule has 0 amide bonds. The van der Waals surface area contributed by atoms with Gasteiger partial charge in [0, 0.05) is 17.7 Å². The number of benzene rings is 2. The Balaban J connectivity index is 2.01. The van der Waals surface area contributed by atoms with Crippen LogP contribution in [-0.2, 0) is 6.42 Å². The predicted octanol–water partition coefficient (Wildman–Crippen LogP) is 3.91. The third-order valence-electron chi connectivity index (χ3n) is 3.23. The first-order chi connectivity index (χ1) is 9.06. The molecular formula is C16H17F2N. The molecule has 1 nitrogen and oxygen atoms in total. The van der Waals surface area contributed by atoms with Crippen LogP contribution in [0.3, 0.4) is 0 Å². The Morgan fingerprint density at radius 1 is 1.05 bits per heavy atom. The van der Waals surface area contributed by atoms with Gasteiger partial charge in [0.1, 0.15) is 11.6 Å². The Hall–Kier alpha value is -1.74. The summed E-state index contributed by atoms with van der Waals surface area (Å²) in [4.78, 5) is 0. The van der Waals surface area contributed by atoms with Crippen LogP contribution in [0, 0.1) is 18.6 Å². The number of hydrogen-bond acceptors (Lipinski definition) is 1. The van der Waals surface area contributed by atoms with E-state index < -0.39 is 17.7 Å². The highest BCUT2D eigenvalue weighted by molar-refractivity contribution is 5.24. The summed E-state index contributed by atoms with van der Waals surface area (Å²) in [6.45, 7) is 2.03. The van der Waals surface area contributed by atoms with E-state index in [1.165, 1.54) is 23.3 Å². The highest BCUT2D eigenvalue weighted by Crippen LogP contribution is 2.20. The van der Waals surface area contributed by atoms with Gasteiger partial charge in [-0.1, -0.05) is 35.9 Å². The Bertz CT molecular complexity index is 549. The lowest BCUT2D eigenvalue weighted by atomic mass is 9.99. The molecule has 0 bridgehead atoms. The van der Waals surface area contributed by atoms with Crippen molar-refractivity contribution in [3.05, 3.63) is 70.8 Å². The van der Waals surface area contributed by atoms with Gasteiger partial charge in [-0.2, -0.15) is 0 Å². The summed E-state index contributed by atoms with van der Waals surface area (Å²) in [6.07, 6.45) is 1.41. The number of aryl methyl sites for hydroxylation is 2. The summed E-state index contributed by atoms with van der Waals surface area (Å²) >= 11 is 0. The standard InChI is InChI=1S/C16H17F2N/c1-11-2-4-12(5-3-11)6-9-16(19)14-8-7-13(17)10-15(14)18/h2-5,7-8,10,16H,6,9,19H2,1H3. The van der Waals surface area contributed by atoms with Crippen molar-refractivity contribution in [2.45, 2.75) is 25.8 Å². The van der Waals surface area contributed by atoms with Crippen LogP contribution in [0.25, 0.3) is 0 Å². The lowest BCUT2D eigenvalue weighted by Gasteiger charge is -2.13. The maximum absolute atomic E-state index is 13.6. The lowest BCUT2D eigenvalue weighted by Crippen LogP contribution is -2.13. The minimum atomic E-state index is -0.577. The van der Waals surface area contributed by atoms with Crippen molar-refractivity contribution in [1.82, 2.24) is 0 Å². The minimum absolute atomic E-state index is 0.369. The van der Waals surface area contributed by atoms with Crippen LogP contribution in [0.15, 0.2) is 42.5 Å². The zero-order chi connectivity index (χ0) is 13.8. The van der Waals surface area contributed by atoms with Crippen molar-refractivity contribution in [3.63, 3.8) is 0 Å². The first-order valence-corrected chi connectivity index (χ1v) is 6.32. The maximum atomic E-state index is 13.6. The van der Waals surface area contributed by atoms with Gasteiger partial charge >= 0.3 is 0 Å². The van der Waals surface area contributed by atoms with E-state index in [0.29, 0.717) is 12.0 Å². The van der Waals surface area contributed by atoms with Gasteiger partial charge < -0.3 is 5.73 Å². The van der Waals surface area contributed by atoms with Gasteiger partial charge in [-0.3, -0.25) is 0 Å². The van der Waals surface area contributed by atoms with Crippen molar-refractivity contribution in [2.75, 3.05) is 0 Å². The quantitative estimate of drug-likeness (QED) is 0.887. The second kappa shape index (κ2) is 5.93. The molecule has 0 fully saturated rings. The van der Waals surface area contributed by atoms with Gasteiger partial charge in [-0.15, -0.1) is 0 Å². The van der Waals surface area contributed by atoms with E-state index in [-0.39, 0.29) is 0 Å². The van der Waals surface area contributed by atoms with Crippen LogP contribution in [0.4, 0.5) is 8.78 Å². The molecule has 0 aromatic heterocycles. The molecule has 0 spiro atoms. The molecule has 0 saturated heterocycles. The van der Waals surface area contributed by atoms with Gasteiger partial charge in [-0.25, -0.2) is 8.78 Å². The van der Waals surface area contributed by atoms with E-state index in [0.717, 1.165) is 12.5 Å². The van der Waals surface area contributed by atoms with E-state index in [1.807, 2.05) is 31.2 Å². The number of halogens is 2. The molecule has 0 saturated carbocycles. The van der Waals surface area contributed by atoms with Gasteiger partial charge in [0.2, 0.25) is 0 Å². The molecule has 19 heavy (non-hydrogen) atoms. The fourth-order valence-electron chi connectivity index (χ4n) is 2.03. The molecule has 3 heteroatoms. The van der Waals surface area contributed by atoms with Crippen molar-refractivity contribution in [1.29, 1.82) is 0 Å². The van der Waals surface area contributed by atoms with Crippen LogP contribution < -0.4 is 5.73 Å². The van der Waals surface area contributed by atoms with Crippen molar-refractivity contribution in [2.24, 2.45) is 5.73 Å². The molecule has 100 valence electrons. The highest BCUT2D eigenvalue weighted by Gasteiger charge is 2.12. The molecule has 1 unspecified atom stereocenters. The fourth-order valence-corrected chi connectivity index (χ4v) is 2.03. The molecule has 2 aromatic carbocycles. The smallest absolute Gasteiger partial charge is 0.130 e. The average molecular weight is 261 g/mol. The highest BCUT2D eigenvalue weighted by atomic mass is 19.1. The Kier molecular flexibility index (Phi) is 4.27. The second-order valence-electron chi connectivity index (χ2n) is 4.80. The molecule has 0 aliphatic carbocycles. The van der Waals surface area contributed by atoms with Crippen LogP contribution in [-0.4, -0.2) is 0 Å². The summed E-state index contributed by atoms with van der Waals surface area (Å²) in [7, 11) is 0. The van der Waals surface area contributed by atoms with E-state index in [9.17, 15) is 8.78 Å². The number of rotatable bonds is 4. The van der Waals surface area contributed by atoms with Crippen LogP contribution in [0.1, 0.15) is 29.2 Å². The van der Waals surface area contributed by atoms with Gasteiger partial charge in [0.25, 0.3) is 0 Å². The van der Waals surface area contributed by atoms with E-state index in [1.54, 1.807) is 0 Å². The van der Waals surface area contributed by atoms with Crippen molar-refractivity contribution in [3.8, 4) is 0 Å². The third-order valence-corrected chi connectivity index (χ3v) is 3.23. The molecule has 2 rings (SSSR count). The molecule has 2 N–H and O–H groups in total. The first kappa shape index (κ1) is 13.7. The summed E-state index contributed by atoms with van der Waals surface area (Å²) in [5.41, 5.74) is 8.71. The van der Waals surface area contributed by atoms with Gasteiger partial charge in [0.15, 0.2) is 0 Å². The normalized spacial score (nSPS) is 12.4. The average Bonchev–Trinajstić information content (AvgIpc) is 2.37. The Morgan fingerprint density at radius 3 is 2.37 bits per heavy atom. The monoisotopic (exact) mass is 261 g/mol. The SMILES string of the molecule is Cc1ccc(CCC(N)c2ccc(F)cc2F)cc1. The van der Waals surface area contributed by atoms with Gasteiger partial charge in [-0.05, 0) is 31.4 Å². The zero-order valence-corrected chi connectivity index (χ0v) is 10.9. The number of nitrogens with two attached hydrogens (primary N) is 1. The molecule has 0 aliphatic rings. The number of hydrogen-bond donors (Lipinski definition) is 1. The summed E-state index contributed by atoms with van der Waals surface area (Å²) in [6, 6.07) is 11.3. The zero-order valence-electron chi connectivity index (χ0n) is 10.9. The maximum Gasteiger partial charge on any atom is 0.130 e. The third kappa shape index (κ3) is 3.61. The van der Waals surface area contributed by atoms with Crippen LogP contribution in [0.2, 0.25) is 0 Å². The topological polar surface area (TPSA) is 26.0 Å². The van der Waals surface area contributed by atoms with E-state index in [4.69, 9.17) is 5.73 Å². The summed E-state index contributed by atoms with van der Waals surface area (Å²) < 4.78 is 26.4. The van der Waals surface area contributed by atoms with Crippen molar-refractivity contribution < 1.29 is 8.78 Å². The van der Waals surface area contributed by atoms with Crippen molar-refractivity contribution >= 4 is 0 Å². The largest absolute Gasteiger partial charge is 0.324 e. The van der Waals surface area contributed by atoms with Crippen LogP contribution in [0.5, 0.6) is 0 Å². The lowest BCUT2D eigenvalue weighted by molar-refractivity contribution is 0.543. The Morgan fingerprint density at radius 2 is 1.74 bits per heavy atom. The Labute approximate surface area is 112 Å². The summed E-state index contributed by atoms with van der Waals surface area (Å²) in [5.74, 6) is -1.15. The first-order valence-electron chi connectivity index (χ1n) is 6.32. The summed E-state index contributed by atoms with van der Waals surface area (Å²) in [5, 5.41) is 0. The van der Waals surface area contributed by atoms with Crippen LogP contribution >= 0.6 is 0 Å². The minimum Gasteiger partial charge on any atom is -0.324 e. The molecule has 0 radical (unpaired) electrons. The second-order valence-corrected chi connectivity index (χ2v) is 4.80. The molecule has 0 heterocycles. The predicted molar refractivity (Wildman–Crippen MR) is 72.8 cm³/mol. The fraction of sp³-hybridized carbons (Fsp3) is 0.250. The van der Waals surface area contributed by atoms with E-state index in [2.05, 4.69) is 0 Å². The van der Waals surface area contributed by atoms with Gasteiger partial charge in [0.05, 0.1) is 0 Å². The molecule has 2 aromatic rings. The van der Waals surface area contributed by atoms with E-state index >= 15 is 0 Å². The molecular weight excluding hydrogens is 244 g/mol. The molecule has 1 atom stereocenters. The molecule has 0 aliphatic heterocycles.